The third-order valence-electron chi connectivity index (χ3n) is 15.3. The minimum absolute atomic E-state index is 0.0808. The SMILES string of the molecule is CC(C)(C)c1ccc(-c2cccc3c2-c2c-3c(-c3ccc(C(C)(C)C)cc3C(C)(C)C)c(-c3ccc(C(C)(C)C)cc3C(C)(C)C)c(-c3ccc(C(C)(C)C)cc3C(C)(C)C)c2P([O-])OP([O-])[O-])c(C(C)(C)C)c1. The highest BCUT2D eigenvalue weighted by Gasteiger charge is 2.42. The molecular weight excluding hydrogens is 943 g/mol. The van der Waals surface area contributed by atoms with Gasteiger partial charge in [-0.3, -0.25) is 0 Å². The minimum atomic E-state index is -3.52. The second-order valence-electron chi connectivity index (χ2n) is 29.6. The molecule has 0 aliphatic heterocycles. The zero-order valence-corrected chi connectivity index (χ0v) is 51.5. The van der Waals surface area contributed by atoms with Gasteiger partial charge in [-0.2, -0.15) is 8.60 Å². The van der Waals surface area contributed by atoms with E-state index in [4.69, 9.17) is 4.31 Å². The van der Waals surface area contributed by atoms with Crippen LogP contribution in [0.4, 0.5) is 0 Å². The Hall–Kier alpha value is -3.98. The topological polar surface area (TPSA) is 78.4 Å². The van der Waals surface area contributed by atoms with Crippen LogP contribution in [0.3, 0.4) is 0 Å². The first-order valence-electron chi connectivity index (χ1n) is 26.8. The molecule has 0 spiro atoms. The first-order chi connectivity index (χ1) is 33.5. The summed E-state index contributed by atoms with van der Waals surface area (Å²) >= 11 is 0. The third-order valence-corrected chi connectivity index (χ3v) is 17.2. The van der Waals surface area contributed by atoms with Crippen molar-refractivity contribution < 1.29 is 19.0 Å². The molecule has 0 fully saturated rings. The van der Waals surface area contributed by atoms with E-state index in [9.17, 15) is 9.79 Å². The van der Waals surface area contributed by atoms with Crippen molar-refractivity contribution in [3.05, 3.63) is 136 Å². The zero-order chi connectivity index (χ0) is 55.6. The van der Waals surface area contributed by atoms with Crippen LogP contribution in [0.25, 0.3) is 66.8 Å². The standard InChI is InChI=1S/C68H87O4P2/c1-61(2,3)40-28-32-44(50(36-40)65(13,14)15)45-26-25-27-49-54(45)59-57(49)55(46-33-29-41(62(4,5)6)37-51(46)66(16,17)18)56(47-34-30-42(63(7,8)9)38-52(47)67(19,20)21)58(60(59)73(69)72-74(70)71)48-35-31-43(64(10,11)12)39-53(48)68(22,23)24/h25-39H,1-24H3/q-3. The molecule has 0 heterocycles. The van der Waals surface area contributed by atoms with E-state index < -0.39 is 22.4 Å². The molecule has 0 bridgehead atoms. The summed E-state index contributed by atoms with van der Waals surface area (Å²) in [7, 11) is -6.55. The van der Waals surface area contributed by atoms with Crippen LogP contribution in [-0.2, 0) is 47.6 Å². The van der Waals surface area contributed by atoms with Gasteiger partial charge >= 0.3 is 0 Å². The van der Waals surface area contributed by atoms with Gasteiger partial charge in [0.05, 0.1) is 0 Å². The number of rotatable bonds is 7. The molecule has 6 aromatic rings. The molecule has 0 aromatic heterocycles. The van der Waals surface area contributed by atoms with Gasteiger partial charge in [-0.05, 0) is 157 Å². The molecule has 396 valence electrons. The average molecular weight is 1030 g/mol. The van der Waals surface area contributed by atoms with Gasteiger partial charge in [0.1, 0.15) is 0 Å². The Balaban J connectivity index is 1.88. The van der Waals surface area contributed by atoms with Crippen molar-refractivity contribution in [2.75, 3.05) is 0 Å². The van der Waals surface area contributed by atoms with Crippen LogP contribution in [-0.4, -0.2) is 0 Å². The lowest BCUT2D eigenvalue weighted by atomic mass is 9.65. The Labute approximate surface area is 450 Å². The van der Waals surface area contributed by atoms with Crippen molar-refractivity contribution in [3.63, 3.8) is 0 Å². The lowest BCUT2D eigenvalue weighted by molar-refractivity contribution is -0.313. The summed E-state index contributed by atoms with van der Waals surface area (Å²) in [5.41, 5.74) is 19.3. The van der Waals surface area contributed by atoms with Crippen molar-refractivity contribution >= 4 is 22.3 Å². The summed E-state index contributed by atoms with van der Waals surface area (Å²) in [6.07, 6.45) is 0. The van der Waals surface area contributed by atoms with Gasteiger partial charge in [0, 0.05) is 10.9 Å². The molecule has 0 radical (unpaired) electrons. The van der Waals surface area contributed by atoms with Crippen LogP contribution in [0.15, 0.2) is 91.0 Å². The second-order valence-corrected chi connectivity index (χ2v) is 31.6. The summed E-state index contributed by atoms with van der Waals surface area (Å²) < 4.78 is 5.76. The minimum Gasteiger partial charge on any atom is -0.820 e. The van der Waals surface area contributed by atoms with Gasteiger partial charge in [0.15, 0.2) is 0 Å². The fraction of sp³-hybridized carbons (Fsp3) is 0.471. The molecule has 0 N–H and O–H groups in total. The van der Waals surface area contributed by atoms with Crippen LogP contribution in [0.1, 0.15) is 211 Å². The predicted molar refractivity (Wildman–Crippen MR) is 317 cm³/mol. The Bertz CT molecular complexity index is 3130. The van der Waals surface area contributed by atoms with Crippen molar-refractivity contribution in [1.82, 2.24) is 0 Å². The Morgan fingerprint density at radius 2 is 0.568 bits per heavy atom. The van der Waals surface area contributed by atoms with Gasteiger partial charge < -0.3 is 19.0 Å². The summed E-state index contributed by atoms with van der Waals surface area (Å²) in [4.78, 5) is 42.1. The molecule has 1 unspecified atom stereocenters. The van der Waals surface area contributed by atoms with E-state index in [2.05, 4.69) is 257 Å². The average Bonchev–Trinajstić information content (AvgIpc) is 3.23. The molecule has 0 amide bonds. The summed E-state index contributed by atoms with van der Waals surface area (Å²) in [6.45, 7) is 54.4. The monoisotopic (exact) mass is 1030 g/mol. The maximum Gasteiger partial charge on any atom is 0.00502 e. The van der Waals surface area contributed by atoms with Gasteiger partial charge in [-0.15, -0.1) is 0 Å². The van der Waals surface area contributed by atoms with E-state index in [0.717, 1.165) is 77.9 Å². The number of hydrogen-bond donors (Lipinski definition) is 0. The smallest absolute Gasteiger partial charge is 0.00502 e. The Morgan fingerprint density at radius 3 is 0.892 bits per heavy atom. The summed E-state index contributed by atoms with van der Waals surface area (Å²) in [5.74, 6) is 0. The zero-order valence-electron chi connectivity index (χ0n) is 49.7. The molecule has 6 heteroatoms. The molecule has 0 saturated heterocycles. The maximum absolute atomic E-state index is 15.9. The van der Waals surface area contributed by atoms with Gasteiger partial charge in [0.25, 0.3) is 0 Å². The molecular formula is C68H87O4P2-3. The number of fused-ring (bicyclic) bond motifs is 4. The van der Waals surface area contributed by atoms with Crippen molar-refractivity contribution in [1.29, 1.82) is 0 Å². The van der Waals surface area contributed by atoms with Crippen molar-refractivity contribution in [3.8, 4) is 66.8 Å². The molecule has 1 aliphatic carbocycles. The van der Waals surface area contributed by atoms with Gasteiger partial charge in [-0.1, -0.05) is 257 Å². The lowest BCUT2D eigenvalue weighted by Crippen LogP contribution is -2.27. The number of benzene rings is 6. The Kier molecular flexibility index (Phi) is 15.0. The largest absolute Gasteiger partial charge is 0.820 e. The highest BCUT2D eigenvalue weighted by Crippen LogP contribution is 2.64. The molecule has 7 rings (SSSR count). The normalized spacial score (nSPS) is 14.3. The van der Waals surface area contributed by atoms with Crippen LogP contribution in [0, 0.1) is 0 Å². The lowest BCUT2D eigenvalue weighted by Gasteiger charge is -2.44. The van der Waals surface area contributed by atoms with E-state index in [-0.39, 0.29) is 37.9 Å². The fourth-order valence-corrected chi connectivity index (χ4v) is 12.6. The van der Waals surface area contributed by atoms with Gasteiger partial charge in [-0.25, -0.2) is 0 Å². The first-order valence-corrected chi connectivity index (χ1v) is 29.1. The first kappa shape index (κ1) is 57.7. The highest BCUT2D eigenvalue weighted by atomic mass is 31.2. The third kappa shape index (κ3) is 11.1. The summed E-state index contributed by atoms with van der Waals surface area (Å²) in [6, 6.07) is 34.3. The predicted octanol–water partition coefficient (Wildman–Crippen LogP) is 17.6. The number of hydrogen-bond acceptors (Lipinski definition) is 4. The van der Waals surface area contributed by atoms with E-state index in [1.807, 2.05) is 0 Å². The van der Waals surface area contributed by atoms with Crippen LogP contribution >= 0.6 is 17.0 Å². The molecule has 6 aromatic carbocycles. The van der Waals surface area contributed by atoms with Crippen molar-refractivity contribution in [2.45, 2.75) is 209 Å². The molecule has 74 heavy (non-hydrogen) atoms. The fourth-order valence-electron chi connectivity index (χ4n) is 10.9. The van der Waals surface area contributed by atoms with E-state index in [1.54, 1.807) is 0 Å². The molecule has 1 aliphatic rings. The quantitative estimate of drug-likeness (QED) is 0.149. The molecule has 4 nitrogen and oxygen atoms in total. The summed E-state index contributed by atoms with van der Waals surface area (Å²) in [5, 5.41) is 0.411. The maximum atomic E-state index is 15.9. The van der Waals surface area contributed by atoms with Crippen LogP contribution in [0.2, 0.25) is 0 Å². The molecule has 1 atom stereocenters. The Morgan fingerprint density at radius 1 is 0.284 bits per heavy atom. The van der Waals surface area contributed by atoms with Gasteiger partial charge in [0.2, 0.25) is 0 Å². The second kappa shape index (κ2) is 19.2. The van der Waals surface area contributed by atoms with E-state index in [0.29, 0.717) is 5.30 Å². The van der Waals surface area contributed by atoms with Crippen molar-refractivity contribution in [2.24, 2.45) is 0 Å². The highest BCUT2D eigenvalue weighted by molar-refractivity contribution is 7.61. The van der Waals surface area contributed by atoms with E-state index in [1.165, 1.54) is 33.4 Å². The van der Waals surface area contributed by atoms with E-state index >= 15 is 4.89 Å². The van der Waals surface area contributed by atoms with Crippen LogP contribution in [0.5, 0.6) is 0 Å². The van der Waals surface area contributed by atoms with Crippen LogP contribution < -0.4 is 20.0 Å². The molecule has 0 saturated carbocycles.